The fourth-order valence-corrected chi connectivity index (χ4v) is 3.38. The first-order chi connectivity index (χ1) is 11.1. The molecular formula is C23H48. The van der Waals surface area contributed by atoms with Crippen LogP contribution < -0.4 is 0 Å². The highest BCUT2D eigenvalue weighted by Gasteiger charge is 2.08. The van der Waals surface area contributed by atoms with E-state index in [4.69, 9.17) is 0 Å². The molecule has 140 valence electrons. The monoisotopic (exact) mass is 324 g/mol. The van der Waals surface area contributed by atoms with Gasteiger partial charge in [0.25, 0.3) is 0 Å². The molecule has 0 nitrogen and oxygen atoms in total. The van der Waals surface area contributed by atoms with Crippen LogP contribution in [0.3, 0.4) is 0 Å². The first-order valence-electron chi connectivity index (χ1n) is 11.1. The van der Waals surface area contributed by atoms with E-state index in [0.717, 1.165) is 0 Å². The molecule has 0 unspecified atom stereocenters. The van der Waals surface area contributed by atoms with Crippen LogP contribution in [0.25, 0.3) is 0 Å². The van der Waals surface area contributed by atoms with Crippen LogP contribution in [-0.2, 0) is 0 Å². The Morgan fingerprint density at radius 1 is 0.391 bits per heavy atom. The summed E-state index contributed by atoms with van der Waals surface area (Å²) in [5.74, 6) is 0. The normalized spacial score (nSPS) is 12.0. The Labute approximate surface area is 149 Å². The van der Waals surface area contributed by atoms with E-state index in [-0.39, 0.29) is 0 Å². The lowest BCUT2D eigenvalue weighted by molar-refractivity contribution is 0.356. The molecular weight excluding hydrogens is 276 g/mol. The molecule has 0 spiro atoms. The van der Waals surface area contributed by atoms with Crippen molar-refractivity contribution < 1.29 is 0 Å². The summed E-state index contributed by atoms with van der Waals surface area (Å²) in [6, 6.07) is 0. The van der Waals surface area contributed by atoms with Gasteiger partial charge in [-0.2, -0.15) is 0 Å². The van der Waals surface area contributed by atoms with E-state index >= 15 is 0 Å². The van der Waals surface area contributed by atoms with Gasteiger partial charge in [0, 0.05) is 0 Å². The Balaban J connectivity index is 3.00. The Kier molecular flexibility index (Phi) is 16.8. The quantitative estimate of drug-likeness (QED) is 0.234. The molecule has 0 heterocycles. The molecule has 0 aromatic heterocycles. The predicted octanol–water partition coefficient (Wildman–Crippen LogP) is 9.07. The maximum Gasteiger partial charge on any atom is -0.0383 e. The summed E-state index contributed by atoms with van der Waals surface area (Å²) in [6.07, 6.45) is 26.3. The van der Waals surface area contributed by atoms with E-state index in [1.54, 1.807) is 0 Å². The molecule has 0 heteroatoms. The van der Waals surface area contributed by atoms with Crippen molar-refractivity contribution in [2.75, 3.05) is 0 Å². The molecule has 0 saturated carbocycles. The number of hydrogen-bond acceptors (Lipinski definition) is 0. The standard InChI is InChI=1S/C23H48/c1-5-6-7-8-9-10-11-12-13-14-15-16-17-18-19-20-21-22-23(2,3)4/h5-22H2,1-4H3. The lowest BCUT2D eigenvalue weighted by Crippen LogP contribution is -2.03. The van der Waals surface area contributed by atoms with Crippen LogP contribution in [0.4, 0.5) is 0 Å². The van der Waals surface area contributed by atoms with E-state index in [1.165, 1.54) is 116 Å². The van der Waals surface area contributed by atoms with Gasteiger partial charge in [-0.1, -0.05) is 137 Å². The molecule has 23 heavy (non-hydrogen) atoms. The van der Waals surface area contributed by atoms with E-state index in [1.807, 2.05) is 0 Å². The summed E-state index contributed by atoms with van der Waals surface area (Å²) in [5.41, 5.74) is 0.537. The van der Waals surface area contributed by atoms with E-state index < -0.39 is 0 Å². The van der Waals surface area contributed by atoms with Gasteiger partial charge in [0.2, 0.25) is 0 Å². The van der Waals surface area contributed by atoms with Crippen molar-refractivity contribution in [2.24, 2.45) is 5.41 Å². The van der Waals surface area contributed by atoms with Gasteiger partial charge in [0.1, 0.15) is 0 Å². The molecule has 0 saturated heterocycles. The minimum Gasteiger partial charge on any atom is -0.0654 e. The van der Waals surface area contributed by atoms with Crippen LogP contribution in [0, 0.1) is 5.41 Å². The van der Waals surface area contributed by atoms with Crippen LogP contribution in [0.5, 0.6) is 0 Å². The highest BCUT2D eigenvalue weighted by atomic mass is 14.1. The Morgan fingerprint density at radius 2 is 0.652 bits per heavy atom. The zero-order chi connectivity index (χ0) is 17.2. The molecule has 0 aromatic rings. The topological polar surface area (TPSA) is 0 Å². The average Bonchev–Trinajstić information content (AvgIpc) is 2.49. The third-order valence-corrected chi connectivity index (χ3v) is 5.03. The van der Waals surface area contributed by atoms with E-state index in [9.17, 15) is 0 Å². The van der Waals surface area contributed by atoms with Gasteiger partial charge in [-0.05, 0) is 11.8 Å². The van der Waals surface area contributed by atoms with Gasteiger partial charge in [-0.25, -0.2) is 0 Å². The lowest BCUT2D eigenvalue weighted by Gasteiger charge is -2.17. The second-order valence-corrected chi connectivity index (χ2v) is 8.97. The lowest BCUT2D eigenvalue weighted by atomic mass is 9.89. The summed E-state index contributed by atoms with van der Waals surface area (Å²) in [4.78, 5) is 0. The van der Waals surface area contributed by atoms with Gasteiger partial charge in [-0.15, -0.1) is 0 Å². The smallest absolute Gasteiger partial charge is 0.0383 e. The minimum atomic E-state index is 0.537. The van der Waals surface area contributed by atoms with Gasteiger partial charge in [0.15, 0.2) is 0 Å². The molecule has 0 atom stereocenters. The van der Waals surface area contributed by atoms with Crippen LogP contribution in [-0.4, -0.2) is 0 Å². The first-order valence-corrected chi connectivity index (χ1v) is 11.1. The number of unbranched alkanes of at least 4 members (excludes halogenated alkanes) is 16. The highest BCUT2D eigenvalue weighted by Crippen LogP contribution is 2.22. The molecule has 0 N–H and O–H groups in total. The summed E-state index contributed by atoms with van der Waals surface area (Å²) in [7, 11) is 0. The van der Waals surface area contributed by atoms with Gasteiger partial charge < -0.3 is 0 Å². The van der Waals surface area contributed by atoms with E-state index in [0.29, 0.717) is 5.41 Å². The second-order valence-electron chi connectivity index (χ2n) is 8.97. The van der Waals surface area contributed by atoms with Crippen molar-refractivity contribution in [2.45, 2.75) is 143 Å². The van der Waals surface area contributed by atoms with Crippen molar-refractivity contribution in [3.05, 3.63) is 0 Å². The number of rotatable bonds is 17. The molecule has 0 aliphatic carbocycles. The largest absolute Gasteiger partial charge is 0.0654 e. The molecule has 0 fully saturated rings. The van der Waals surface area contributed by atoms with Gasteiger partial charge in [0.05, 0.1) is 0 Å². The fraction of sp³-hybridized carbons (Fsp3) is 1.00. The third-order valence-electron chi connectivity index (χ3n) is 5.03. The molecule has 0 aromatic carbocycles. The highest BCUT2D eigenvalue weighted by molar-refractivity contribution is 4.61. The number of hydrogen-bond donors (Lipinski definition) is 0. The first kappa shape index (κ1) is 23.0. The second kappa shape index (κ2) is 16.8. The van der Waals surface area contributed by atoms with Crippen LogP contribution in [0.1, 0.15) is 143 Å². The maximum atomic E-state index is 2.36. The molecule has 0 rings (SSSR count). The zero-order valence-electron chi connectivity index (χ0n) is 17.2. The SMILES string of the molecule is CCCCCCCCCCCCCCCCCCCC(C)(C)C. The predicted molar refractivity (Wildman–Crippen MR) is 108 cm³/mol. The summed E-state index contributed by atoms with van der Waals surface area (Å²) in [5, 5.41) is 0. The average molecular weight is 325 g/mol. The van der Waals surface area contributed by atoms with Crippen LogP contribution >= 0.6 is 0 Å². The Bertz CT molecular complexity index is 211. The van der Waals surface area contributed by atoms with E-state index in [2.05, 4.69) is 27.7 Å². The Hall–Kier alpha value is 0. The van der Waals surface area contributed by atoms with Crippen molar-refractivity contribution >= 4 is 0 Å². The van der Waals surface area contributed by atoms with Crippen molar-refractivity contribution in [3.8, 4) is 0 Å². The molecule has 0 aliphatic rings. The third kappa shape index (κ3) is 22.0. The fourth-order valence-electron chi connectivity index (χ4n) is 3.38. The van der Waals surface area contributed by atoms with Gasteiger partial charge >= 0.3 is 0 Å². The molecule has 0 radical (unpaired) electrons. The minimum absolute atomic E-state index is 0.537. The van der Waals surface area contributed by atoms with Crippen LogP contribution in [0.15, 0.2) is 0 Å². The summed E-state index contributed by atoms with van der Waals surface area (Å²) >= 11 is 0. The molecule has 0 bridgehead atoms. The summed E-state index contributed by atoms with van der Waals surface area (Å²) in [6.45, 7) is 9.38. The Morgan fingerprint density at radius 3 is 0.913 bits per heavy atom. The molecule has 0 aliphatic heterocycles. The van der Waals surface area contributed by atoms with Crippen molar-refractivity contribution in [1.29, 1.82) is 0 Å². The molecule has 0 amide bonds. The summed E-state index contributed by atoms with van der Waals surface area (Å²) < 4.78 is 0. The maximum absolute atomic E-state index is 2.36. The zero-order valence-corrected chi connectivity index (χ0v) is 17.2. The van der Waals surface area contributed by atoms with Gasteiger partial charge in [-0.3, -0.25) is 0 Å². The van der Waals surface area contributed by atoms with Crippen molar-refractivity contribution in [3.63, 3.8) is 0 Å². The van der Waals surface area contributed by atoms with Crippen molar-refractivity contribution in [1.82, 2.24) is 0 Å². The van der Waals surface area contributed by atoms with Crippen LogP contribution in [0.2, 0.25) is 0 Å².